The first-order valence-corrected chi connectivity index (χ1v) is 6.16. The second-order valence-electron chi connectivity index (χ2n) is 4.52. The van der Waals surface area contributed by atoms with Gasteiger partial charge < -0.3 is 10.4 Å². The Bertz CT molecular complexity index is 302. The molecule has 3 heteroatoms. The molecule has 88 valence electrons. The zero-order chi connectivity index (χ0) is 11.2. The van der Waals surface area contributed by atoms with Gasteiger partial charge >= 0.3 is 0 Å². The summed E-state index contributed by atoms with van der Waals surface area (Å²) in [5.74, 6) is 0. The second kappa shape index (κ2) is 5.97. The number of pyridine rings is 1. The smallest absolute Gasteiger partial charge is 0.0693 e. The molecule has 2 rings (SSSR count). The minimum Gasteiger partial charge on any atom is -0.392 e. The fourth-order valence-corrected chi connectivity index (χ4v) is 2.30. The molecule has 0 amide bonds. The van der Waals surface area contributed by atoms with E-state index in [4.69, 9.17) is 0 Å². The average Bonchev–Trinajstić information content (AvgIpc) is 2.33. The molecule has 2 N–H and O–H groups in total. The van der Waals surface area contributed by atoms with Gasteiger partial charge in [0, 0.05) is 18.4 Å². The van der Waals surface area contributed by atoms with Crippen LogP contribution in [0, 0.1) is 0 Å². The molecule has 1 aliphatic carbocycles. The molecule has 1 saturated carbocycles. The van der Waals surface area contributed by atoms with Crippen molar-refractivity contribution in [2.45, 2.75) is 44.2 Å². The lowest BCUT2D eigenvalue weighted by Gasteiger charge is -2.28. The first kappa shape index (κ1) is 11.6. The van der Waals surface area contributed by atoms with Crippen molar-refractivity contribution in [2.75, 3.05) is 6.54 Å². The van der Waals surface area contributed by atoms with Gasteiger partial charge in [-0.05, 0) is 37.4 Å². The van der Waals surface area contributed by atoms with Gasteiger partial charge in [-0.2, -0.15) is 0 Å². The maximum atomic E-state index is 9.79. The summed E-state index contributed by atoms with van der Waals surface area (Å²) in [6.45, 7) is 0.924. The second-order valence-corrected chi connectivity index (χ2v) is 4.52. The molecule has 0 aliphatic heterocycles. The molecule has 1 heterocycles. The van der Waals surface area contributed by atoms with Gasteiger partial charge in [0.05, 0.1) is 6.10 Å². The van der Waals surface area contributed by atoms with Crippen LogP contribution >= 0.6 is 0 Å². The van der Waals surface area contributed by atoms with E-state index >= 15 is 0 Å². The molecule has 0 saturated heterocycles. The Labute approximate surface area is 96.9 Å². The average molecular weight is 220 g/mol. The van der Waals surface area contributed by atoms with E-state index in [2.05, 4.69) is 16.4 Å². The summed E-state index contributed by atoms with van der Waals surface area (Å²) in [6.07, 6.45) is 8.99. The Hall–Kier alpha value is -0.930. The van der Waals surface area contributed by atoms with E-state index in [1.807, 2.05) is 12.3 Å². The van der Waals surface area contributed by atoms with Crippen LogP contribution in [0.5, 0.6) is 0 Å². The molecule has 1 aromatic heterocycles. The summed E-state index contributed by atoms with van der Waals surface area (Å²) in [5.41, 5.74) is 1.25. The SMILES string of the molecule is OC1CCCCC1NCCc1cccnc1. The molecule has 1 fully saturated rings. The highest BCUT2D eigenvalue weighted by Crippen LogP contribution is 2.18. The Balaban J connectivity index is 1.71. The standard InChI is InChI=1S/C13H20N2O/c16-13-6-2-1-5-12(13)15-9-7-11-4-3-8-14-10-11/h3-4,8,10,12-13,15-16H,1-2,5-7,9H2. The van der Waals surface area contributed by atoms with E-state index in [9.17, 15) is 5.11 Å². The number of rotatable bonds is 4. The fraction of sp³-hybridized carbons (Fsp3) is 0.615. The largest absolute Gasteiger partial charge is 0.392 e. The molecule has 0 radical (unpaired) electrons. The van der Waals surface area contributed by atoms with Crippen molar-refractivity contribution in [3.63, 3.8) is 0 Å². The van der Waals surface area contributed by atoms with Crippen LogP contribution in [-0.4, -0.2) is 28.8 Å². The van der Waals surface area contributed by atoms with E-state index in [0.717, 1.165) is 25.8 Å². The highest BCUT2D eigenvalue weighted by molar-refractivity contribution is 5.08. The Morgan fingerprint density at radius 2 is 2.25 bits per heavy atom. The highest BCUT2D eigenvalue weighted by atomic mass is 16.3. The molecule has 3 nitrogen and oxygen atoms in total. The quantitative estimate of drug-likeness (QED) is 0.808. The maximum Gasteiger partial charge on any atom is 0.0693 e. The third kappa shape index (κ3) is 3.29. The van der Waals surface area contributed by atoms with Crippen LogP contribution in [-0.2, 0) is 6.42 Å². The van der Waals surface area contributed by atoms with Crippen LogP contribution in [0.4, 0.5) is 0 Å². The van der Waals surface area contributed by atoms with Gasteiger partial charge in [0.2, 0.25) is 0 Å². The third-order valence-electron chi connectivity index (χ3n) is 3.27. The summed E-state index contributed by atoms with van der Waals surface area (Å²) < 4.78 is 0. The number of aromatic nitrogens is 1. The summed E-state index contributed by atoms with van der Waals surface area (Å²) >= 11 is 0. The van der Waals surface area contributed by atoms with Crippen molar-refractivity contribution in [1.82, 2.24) is 10.3 Å². The normalized spacial score (nSPS) is 25.6. The predicted octanol–water partition coefficient (Wildman–Crippen LogP) is 1.52. The molecule has 1 aliphatic rings. The number of aliphatic hydroxyl groups is 1. The Morgan fingerprint density at radius 1 is 1.38 bits per heavy atom. The van der Waals surface area contributed by atoms with Gasteiger partial charge in [-0.1, -0.05) is 18.9 Å². The first-order valence-electron chi connectivity index (χ1n) is 6.16. The molecule has 16 heavy (non-hydrogen) atoms. The topological polar surface area (TPSA) is 45.1 Å². The van der Waals surface area contributed by atoms with Crippen LogP contribution in [0.25, 0.3) is 0 Å². The minimum absolute atomic E-state index is 0.150. The summed E-state index contributed by atoms with van der Waals surface area (Å²) in [4.78, 5) is 4.09. The van der Waals surface area contributed by atoms with Crippen LogP contribution in [0.1, 0.15) is 31.2 Å². The van der Waals surface area contributed by atoms with Crippen molar-refractivity contribution < 1.29 is 5.11 Å². The van der Waals surface area contributed by atoms with Crippen LogP contribution in [0.3, 0.4) is 0 Å². The number of nitrogens with one attached hydrogen (secondary N) is 1. The molecular weight excluding hydrogens is 200 g/mol. The molecule has 1 aromatic rings. The van der Waals surface area contributed by atoms with E-state index < -0.39 is 0 Å². The molecule has 0 spiro atoms. The van der Waals surface area contributed by atoms with Crippen molar-refractivity contribution >= 4 is 0 Å². The van der Waals surface area contributed by atoms with Crippen LogP contribution in [0.15, 0.2) is 24.5 Å². The Morgan fingerprint density at radius 3 is 3.00 bits per heavy atom. The van der Waals surface area contributed by atoms with Crippen LogP contribution in [0.2, 0.25) is 0 Å². The third-order valence-corrected chi connectivity index (χ3v) is 3.27. The molecule has 0 bridgehead atoms. The van der Waals surface area contributed by atoms with E-state index in [-0.39, 0.29) is 6.10 Å². The van der Waals surface area contributed by atoms with E-state index in [1.54, 1.807) is 6.20 Å². The summed E-state index contributed by atoms with van der Waals surface area (Å²) in [7, 11) is 0. The lowest BCUT2D eigenvalue weighted by atomic mass is 9.92. The van der Waals surface area contributed by atoms with Gasteiger partial charge in [0.1, 0.15) is 0 Å². The minimum atomic E-state index is -0.150. The van der Waals surface area contributed by atoms with Gasteiger partial charge in [-0.15, -0.1) is 0 Å². The fourth-order valence-electron chi connectivity index (χ4n) is 2.30. The number of aliphatic hydroxyl groups excluding tert-OH is 1. The zero-order valence-electron chi connectivity index (χ0n) is 9.60. The van der Waals surface area contributed by atoms with Crippen molar-refractivity contribution in [3.05, 3.63) is 30.1 Å². The van der Waals surface area contributed by atoms with Gasteiger partial charge in [0.25, 0.3) is 0 Å². The summed E-state index contributed by atoms with van der Waals surface area (Å²) in [5, 5.41) is 13.2. The molecular formula is C13H20N2O. The monoisotopic (exact) mass is 220 g/mol. The molecule has 2 unspecified atom stereocenters. The van der Waals surface area contributed by atoms with Crippen molar-refractivity contribution in [2.24, 2.45) is 0 Å². The van der Waals surface area contributed by atoms with E-state index in [0.29, 0.717) is 6.04 Å². The van der Waals surface area contributed by atoms with Crippen molar-refractivity contribution in [1.29, 1.82) is 0 Å². The van der Waals surface area contributed by atoms with Gasteiger partial charge in [-0.3, -0.25) is 4.98 Å². The van der Waals surface area contributed by atoms with Crippen LogP contribution < -0.4 is 5.32 Å². The van der Waals surface area contributed by atoms with Crippen molar-refractivity contribution in [3.8, 4) is 0 Å². The van der Waals surface area contributed by atoms with Gasteiger partial charge in [0.15, 0.2) is 0 Å². The maximum absolute atomic E-state index is 9.79. The number of hydrogen-bond donors (Lipinski definition) is 2. The molecule has 0 aromatic carbocycles. The van der Waals surface area contributed by atoms with Gasteiger partial charge in [-0.25, -0.2) is 0 Å². The lowest BCUT2D eigenvalue weighted by Crippen LogP contribution is -2.42. The summed E-state index contributed by atoms with van der Waals surface area (Å²) in [6, 6.07) is 4.35. The first-order chi connectivity index (χ1) is 7.86. The Kier molecular flexibility index (Phi) is 4.31. The lowest BCUT2D eigenvalue weighted by molar-refractivity contribution is 0.0914. The number of hydrogen-bond acceptors (Lipinski definition) is 3. The predicted molar refractivity (Wildman–Crippen MR) is 64.2 cm³/mol. The van der Waals surface area contributed by atoms with E-state index in [1.165, 1.54) is 18.4 Å². The molecule has 2 atom stereocenters. The zero-order valence-corrected chi connectivity index (χ0v) is 9.60. The highest BCUT2D eigenvalue weighted by Gasteiger charge is 2.21. The number of nitrogens with zero attached hydrogens (tertiary/aromatic N) is 1.